The normalized spacial score (nSPS) is 11.7. The average Bonchev–Trinajstić information content (AvgIpc) is 3.58. The van der Waals surface area contributed by atoms with Gasteiger partial charge in [0.15, 0.2) is 0 Å². The van der Waals surface area contributed by atoms with Crippen molar-refractivity contribution in [3.63, 3.8) is 0 Å². The fourth-order valence-electron chi connectivity index (χ4n) is 6.33. The highest BCUT2D eigenvalue weighted by molar-refractivity contribution is 7.59. The van der Waals surface area contributed by atoms with Gasteiger partial charge in [-0.2, -0.15) is 13.5 Å². The first-order chi connectivity index (χ1) is 19.3. The van der Waals surface area contributed by atoms with Crippen LogP contribution in [0, 0.1) is 6.92 Å². The molecule has 40 heavy (non-hydrogen) atoms. The minimum atomic E-state index is 0. The second-order valence-corrected chi connectivity index (χ2v) is 10.5. The van der Waals surface area contributed by atoms with Crippen LogP contribution in [0.25, 0.3) is 44.5 Å². The molecule has 0 bridgehead atoms. The van der Waals surface area contributed by atoms with Crippen molar-refractivity contribution >= 4 is 13.5 Å². The summed E-state index contributed by atoms with van der Waals surface area (Å²) >= 11 is 0. The Kier molecular flexibility index (Phi) is 7.15. The van der Waals surface area contributed by atoms with Gasteiger partial charge in [-0.3, -0.25) is 0 Å². The number of aryl methyl sites for hydroxylation is 1. The average molecular weight is 533 g/mol. The first-order valence-electron chi connectivity index (χ1n) is 13.8. The van der Waals surface area contributed by atoms with E-state index in [0.29, 0.717) is 0 Å². The monoisotopic (exact) mass is 532 g/mol. The Bertz CT molecular complexity index is 1800. The maximum Gasteiger partial charge on any atom is -0.000466 e. The molecule has 0 atom stereocenters. The Balaban J connectivity index is 0.000000141. The third-order valence-electron chi connectivity index (χ3n) is 8.25. The molecule has 0 aromatic heterocycles. The van der Waals surface area contributed by atoms with Gasteiger partial charge in [-0.05, 0) is 92.1 Å². The van der Waals surface area contributed by atoms with Gasteiger partial charge in [-0.15, -0.1) is 0 Å². The highest BCUT2D eigenvalue weighted by Gasteiger charge is 2.22. The molecule has 1 heteroatoms. The molecule has 6 aromatic rings. The van der Waals surface area contributed by atoms with E-state index in [9.17, 15) is 0 Å². The molecule has 0 saturated heterocycles. The first kappa shape index (κ1) is 25.9. The van der Waals surface area contributed by atoms with E-state index < -0.39 is 0 Å². The quantitative estimate of drug-likeness (QED) is 0.208. The molecule has 194 valence electrons. The Morgan fingerprint density at radius 2 is 0.775 bits per heavy atom. The molecule has 6 aromatic carbocycles. The number of fused-ring (bicyclic) bond motifs is 6. The van der Waals surface area contributed by atoms with E-state index in [1.54, 1.807) is 0 Å². The lowest BCUT2D eigenvalue weighted by Gasteiger charge is -2.08. The maximum atomic E-state index is 2.26. The minimum Gasteiger partial charge on any atom is -0.197 e. The van der Waals surface area contributed by atoms with Crippen LogP contribution < -0.4 is 0 Å². The van der Waals surface area contributed by atoms with E-state index >= 15 is 0 Å². The summed E-state index contributed by atoms with van der Waals surface area (Å²) in [7, 11) is 0. The van der Waals surface area contributed by atoms with E-state index in [1.165, 1.54) is 72.3 Å². The highest BCUT2D eigenvalue weighted by atomic mass is 32.1. The topological polar surface area (TPSA) is 0 Å². The van der Waals surface area contributed by atoms with Crippen molar-refractivity contribution in [1.82, 2.24) is 0 Å². The Morgan fingerprint density at radius 3 is 1.40 bits per heavy atom. The summed E-state index contributed by atoms with van der Waals surface area (Å²) in [5, 5.41) is 0. The van der Waals surface area contributed by atoms with Gasteiger partial charge < -0.3 is 0 Å². The summed E-state index contributed by atoms with van der Waals surface area (Å²) in [5.74, 6) is 0. The number of hydrogen-bond acceptors (Lipinski definition) is 0. The molecule has 0 amide bonds. The molecule has 8 rings (SSSR count). The second-order valence-electron chi connectivity index (χ2n) is 10.5. The third kappa shape index (κ3) is 4.57. The largest absolute Gasteiger partial charge is 0.197 e. The van der Waals surface area contributed by atoms with Crippen LogP contribution in [0.1, 0.15) is 27.8 Å². The lowest BCUT2D eigenvalue weighted by atomic mass is 9.96. The summed E-state index contributed by atoms with van der Waals surface area (Å²) in [5.41, 5.74) is 18.3. The zero-order valence-electron chi connectivity index (χ0n) is 22.7. The Morgan fingerprint density at radius 1 is 0.350 bits per heavy atom. The summed E-state index contributed by atoms with van der Waals surface area (Å²) in [6, 6.07) is 50.1. The van der Waals surface area contributed by atoms with Gasteiger partial charge in [-0.25, -0.2) is 0 Å². The molecule has 2 aliphatic rings. The van der Waals surface area contributed by atoms with Gasteiger partial charge in [0, 0.05) is 0 Å². The maximum absolute atomic E-state index is 2.26. The molecule has 0 fully saturated rings. The van der Waals surface area contributed by atoms with Crippen LogP contribution in [-0.2, 0) is 12.8 Å². The van der Waals surface area contributed by atoms with Crippen molar-refractivity contribution < 1.29 is 0 Å². The number of benzene rings is 6. The van der Waals surface area contributed by atoms with Crippen molar-refractivity contribution in [2.24, 2.45) is 0 Å². The minimum absolute atomic E-state index is 0. The summed E-state index contributed by atoms with van der Waals surface area (Å²) in [6.45, 7) is 2.22. The van der Waals surface area contributed by atoms with Crippen LogP contribution >= 0.6 is 13.5 Å². The molecule has 0 spiro atoms. The van der Waals surface area contributed by atoms with E-state index in [0.717, 1.165) is 12.8 Å². The van der Waals surface area contributed by atoms with Crippen LogP contribution in [0.2, 0.25) is 0 Å². The van der Waals surface area contributed by atoms with Crippen molar-refractivity contribution in [3.8, 4) is 44.5 Å². The zero-order chi connectivity index (χ0) is 26.2. The van der Waals surface area contributed by atoms with Crippen LogP contribution in [0.3, 0.4) is 0 Å². The fraction of sp³-hybridized carbons (Fsp3) is 0.0769. The lowest BCUT2D eigenvalue weighted by molar-refractivity contribution is 1.22. The van der Waals surface area contributed by atoms with E-state index in [1.807, 2.05) is 0 Å². The number of hydrogen-bond donors (Lipinski definition) is 0. The fourth-order valence-corrected chi connectivity index (χ4v) is 6.33. The molecule has 0 N–H and O–H groups in total. The van der Waals surface area contributed by atoms with E-state index in [2.05, 4.69) is 146 Å². The molecular formula is C39H32S. The summed E-state index contributed by atoms with van der Waals surface area (Å²) in [4.78, 5) is 0. The SMILES string of the molecule is Cc1cccc2c1Cc1c(-c3ccccc3)cccc1-2.S.c1ccc(-c2cccc3c2Cc2ccccc2-3)cc1. The molecule has 0 heterocycles. The van der Waals surface area contributed by atoms with Crippen LogP contribution in [0.5, 0.6) is 0 Å². The standard InChI is InChI=1S/C20H16.C19H14.H2S/c1-14-7-5-11-17-18-12-6-10-16(20(18)13-19(14)17)15-8-3-2-4-9-15;1-2-7-14(8-3-1)16-11-6-12-18-17-10-5-4-9-15(17)13-19(16)18;/h2-12H,13H2,1H3;1-12H,13H2;1H2. The zero-order valence-corrected chi connectivity index (χ0v) is 23.7. The molecule has 0 nitrogen and oxygen atoms in total. The van der Waals surface area contributed by atoms with Gasteiger partial charge >= 0.3 is 0 Å². The molecular weight excluding hydrogens is 500 g/mol. The first-order valence-corrected chi connectivity index (χ1v) is 13.8. The number of rotatable bonds is 2. The van der Waals surface area contributed by atoms with Gasteiger partial charge in [0.25, 0.3) is 0 Å². The predicted molar refractivity (Wildman–Crippen MR) is 175 cm³/mol. The third-order valence-corrected chi connectivity index (χ3v) is 8.25. The Labute approximate surface area is 244 Å². The Hall–Kier alpha value is -4.33. The van der Waals surface area contributed by atoms with Crippen molar-refractivity contribution in [3.05, 3.63) is 167 Å². The highest BCUT2D eigenvalue weighted by Crippen LogP contribution is 2.43. The van der Waals surface area contributed by atoms with Gasteiger partial charge in [-0.1, -0.05) is 140 Å². The van der Waals surface area contributed by atoms with Crippen molar-refractivity contribution in [2.45, 2.75) is 19.8 Å². The lowest BCUT2D eigenvalue weighted by Crippen LogP contribution is -1.88. The van der Waals surface area contributed by atoms with Gasteiger partial charge in [0.2, 0.25) is 0 Å². The van der Waals surface area contributed by atoms with E-state index in [-0.39, 0.29) is 13.5 Å². The summed E-state index contributed by atoms with van der Waals surface area (Å²) < 4.78 is 0. The second kappa shape index (κ2) is 11.0. The smallest absolute Gasteiger partial charge is 0.000466 e. The van der Waals surface area contributed by atoms with Crippen LogP contribution in [0.15, 0.2) is 140 Å². The van der Waals surface area contributed by atoms with Crippen molar-refractivity contribution in [2.75, 3.05) is 0 Å². The summed E-state index contributed by atoms with van der Waals surface area (Å²) in [6.07, 6.45) is 2.11. The molecule has 0 unspecified atom stereocenters. The van der Waals surface area contributed by atoms with Gasteiger partial charge in [0.05, 0.1) is 0 Å². The molecule has 0 saturated carbocycles. The van der Waals surface area contributed by atoms with Crippen LogP contribution in [-0.4, -0.2) is 0 Å². The molecule has 2 aliphatic carbocycles. The van der Waals surface area contributed by atoms with Gasteiger partial charge in [0.1, 0.15) is 0 Å². The predicted octanol–water partition coefficient (Wildman–Crippen LogP) is 10.3. The van der Waals surface area contributed by atoms with E-state index in [4.69, 9.17) is 0 Å². The molecule has 0 radical (unpaired) electrons. The van der Waals surface area contributed by atoms with Crippen LogP contribution in [0.4, 0.5) is 0 Å². The molecule has 0 aliphatic heterocycles. The van der Waals surface area contributed by atoms with Crippen molar-refractivity contribution in [1.29, 1.82) is 0 Å².